The Morgan fingerprint density at radius 1 is 1.04 bits per heavy atom. The highest BCUT2D eigenvalue weighted by molar-refractivity contribution is 5.37. The van der Waals surface area contributed by atoms with Gasteiger partial charge in [-0.05, 0) is 36.2 Å². The number of anilines is 1. The van der Waals surface area contributed by atoms with Crippen LogP contribution >= 0.6 is 0 Å². The number of rotatable bonds is 6. The van der Waals surface area contributed by atoms with E-state index in [4.69, 9.17) is 4.74 Å². The largest absolute Gasteiger partial charge is 0.379 e. The normalized spacial score (nSPS) is 15.0. The fourth-order valence-corrected chi connectivity index (χ4v) is 3.13. The molecule has 0 atom stereocenters. The van der Waals surface area contributed by atoms with Crippen molar-refractivity contribution in [2.75, 3.05) is 31.6 Å². The summed E-state index contributed by atoms with van der Waals surface area (Å²) in [6, 6.07) is 14.5. The van der Waals surface area contributed by atoms with Crippen molar-refractivity contribution in [2.24, 2.45) is 0 Å². The predicted molar refractivity (Wildman–Crippen MR) is 104 cm³/mol. The number of aromatic nitrogens is 4. The molecule has 3 aromatic rings. The summed E-state index contributed by atoms with van der Waals surface area (Å²) in [5.41, 5.74) is 3.51. The lowest BCUT2D eigenvalue weighted by molar-refractivity contribution is 0.0342. The number of hydrogen-bond acceptors (Lipinski definition) is 6. The molecule has 0 saturated carbocycles. The van der Waals surface area contributed by atoms with Crippen molar-refractivity contribution in [2.45, 2.75) is 20.0 Å². The van der Waals surface area contributed by atoms with Crippen LogP contribution in [0.3, 0.4) is 0 Å². The highest BCUT2D eigenvalue weighted by atomic mass is 16.5. The van der Waals surface area contributed by atoms with Gasteiger partial charge in [-0.25, -0.2) is 4.68 Å². The molecule has 1 aliphatic rings. The van der Waals surface area contributed by atoms with Crippen molar-refractivity contribution < 1.29 is 4.74 Å². The van der Waals surface area contributed by atoms with Crippen molar-refractivity contribution in [3.05, 3.63) is 65.5 Å². The maximum Gasteiger partial charge on any atom is 0.175 e. The summed E-state index contributed by atoms with van der Waals surface area (Å²) >= 11 is 0. The molecule has 1 fully saturated rings. The van der Waals surface area contributed by atoms with Crippen LogP contribution < -0.4 is 5.32 Å². The molecule has 27 heavy (non-hydrogen) atoms. The van der Waals surface area contributed by atoms with Crippen LogP contribution in [-0.4, -0.2) is 51.2 Å². The third kappa shape index (κ3) is 4.69. The van der Waals surface area contributed by atoms with Crippen LogP contribution in [-0.2, 0) is 17.8 Å². The molecule has 0 aliphatic carbocycles. The second kappa shape index (κ2) is 8.28. The lowest BCUT2D eigenvalue weighted by Crippen LogP contribution is -2.35. The standard InChI is InChI=1S/C20H24N6O/c1-16-7-8-26(24-16)20-6-5-19(22-23-20)21-14-17-3-2-4-18(13-17)15-25-9-11-27-12-10-25/h2-8,13H,9-12,14-15H2,1H3,(H,21,22). The summed E-state index contributed by atoms with van der Waals surface area (Å²) in [5, 5.41) is 16.2. The van der Waals surface area contributed by atoms with E-state index in [-0.39, 0.29) is 0 Å². The third-order valence-electron chi connectivity index (χ3n) is 4.58. The van der Waals surface area contributed by atoms with Crippen molar-refractivity contribution in [3.8, 4) is 5.82 Å². The van der Waals surface area contributed by atoms with E-state index in [0.717, 1.165) is 44.4 Å². The summed E-state index contributed by atoms with van der Waals surface area (Å²) < 4.78 is 7.14. The van der Waals surface area contributed by atoms with Crippen molar-refractivity contribution >= 4 is 5.82 Å². The first-order valence-corrected chi connectivity index (χ1v) is 9.24. The van der Waals surface area contributed by atoms with Gasteiger partial charge in [-0.15, -0.1) is 10.2 Å². The van der Waals surface area contributed by atoms with E-state index in [1.165, 1.54) is 11.1 Å². The van der Waals surface area contributed by atoms with Gasteiger partial charge in [-0.1, -0.05) is 24.3 Å². The molecule has 0 amide bonds. The average molecular weight is 364 g/mol. The molecule has 1 N–H and O–H groups in total. The molecule has 0 spiro atoms. The zero-order valence-electron chi connectivity index (χ0n) is 15.5. The molecular weight excluding hydrogens is 340 g/mol. The van der Waals surface area contributed by atoms with E-state index in [1.807, 2.05) is 31.3 Å². The second-order valence-corrected chi connectivity index (χ2v) is 6.74. The van der Waals surface area contributed by atoms with Crippen molar-refractivity contribution in [1.29, 1.82) is 0 Å². The molecule has 1 aromatic carbocycles. The molecule has 3 heterocycles. The number of aryl methyl sites for hydroxylation is 1. The molecule has 140 valence electrons. The molecule has 0 radical (unpaired) electrons. The van der Waals surface area contributed by atoms with Crippen LogP contribution in [0.2, 0.25) is 0 Å². The summed E-state index contributed by atoms with van der Waals surface area (Å²) in [4.78, 5) is 2.43. The number of morpholine rings is 1. The SMILES string of the molecule is Cc1ccn(-c2ccc(NCc3cccc(CN4CCOCC4)c3)nn2)n1. The molecule has 1 saturated heterocycles. The zero-order valence-corrected chi connectivity index (χ0v) is 15.5. The monoisotopic (exact) mass is 364 g/mol. The summed E-state index contributed by atoms with van der Waals surface area (Å²) in [6.45, 7) is 7.29. The number of benzene rings is 1. The van der Waals surface area contributed by atoms with Gasteiger partial charge in [-0.2, -0.15) is 5.10 Å². The molecular formula is C20H24N6O. The Kier molecular flexibility index (Phi) is 5.41. The summed E-state index contributed by atoms with van der Waals surface area (Å²) in [6.07, 6.45) is 1.88. The number of ether oxygens (including phenoxy) is 1. The van der Waals surface area contributed by atoms with Gasteiger partial charge in [-0.3, -0.25) is 4.90 Å². The lowest BCUT2D eigenvalue weighted by atomic mass is 10.1. The van der Waals surface area contributed by atoms with Crippen LogP contribution in [0.15, 0.2) is 48.7 Å². The number of nitrogens with zero attached hydrogens (tertiary/aromatic N) is 5. The van der Waals surface area contributed by atoms with Crippen LogP contribution in [0.4, 0.5) is 5.82 Å². The topological polar surface area (TPSA) is 68.1 Å². The first-order valence-electron chi connectivity index (χ1n) is 9.24. The van der Waals surface area contributed by atoms with Gasteiger partial charge in [0, 0.05) is 32.4 Å². The molecule has 2 aromatic heterocycles. The third-order valence-corrected chi connectivity index (χ3v) is 4.58. The van der Waals surface area contributed by atoms with Gasteiger partial charge < -0.3 is 10.1 Å². The Labute approximate surface area is 159 Å². The van der Waals surface area contributed by atoms with E-state index in [2.05, 4.69) is 49.8 Å². The lowest BCUT2D eigenvalue weighted by Gasteiger charge is -2.26. The van der Waals surface area contributed by atoms with Crippen molar-refractivity contribution in [1.82, 2.24) is 24.9 Å². The van der Waals surface area contributed by atoms with E-state index in [9.17, 15) is 0 Å². The van der Waals surface area contributed by atoms with Gasteiger partial charge in [0.15, 0.2) is 5.82 Å². The Bertz CT molecular complexity index is 870. The number of hydrogen-bond donors (Lipinski definition) is 1. The number of nitrogens with one attached hydrogen (secondary N) is 1. The Hall–Kier alpha value is -2.77. The molecule has 1 aliphatic heterocycles. The molecule has 7 heteroatoms. The average Bonchev–Trinajstić information content (AvgIpc) is 3.14. The van der Waals surface area contributed by atoms with Crippen LogP contribution in [0.25, 0.3) is 5.82 Å². The van der Waals surface area contributed by atoms with Gasteiger partial charge >= 0.3 is 0 Å². The Morgan fingerprint density at radius 3 is 2.63 bits per heavy atom. The fourth-order valence-electron chi connectivity index (χ4n) is 3.13. The van der Waals surface area contributed by atoms with Gasteiger partial charge in [0.1, 0.15) is 5.82 Å². The molecule has 7 nitrogen and oxygen atoms in total. The minimum atomic E-state index is 0.709. The minimum absolute atomic E-state index is 0.709. The highest BCUT2D eigenvalue weighted by Crippen LogP contribution is 2.12. The van der Waals surface area contributed by atoms with E-state index < -0.39 is 0 Å². The van der Waals surface area contributed by atoms with Gasteiger partial charge in [0.25, 0.3) is 0 Å². The Balaban J connectivity index is 1.35. The maximum atomic E-state index is 5.42. The van der Waals surface area contributed by atoms with E-state index in [0.29, 0.717) is 12.4 Å². The molecule has 0 unspecified atom stereocenters. The summed E-state index contributed by atoms with van der Waals surface area (Å²) in [7, 11) is 0. The summed E-state index contributed by atoms with van der Waals surface area (Å²) in [5.74, 6) is 1.46. The zero-order chi connectivity index (χ0) is 18.5. The van der Waals surface area contributed by atoms with E-state index in [1.54, 1.807) is 4.68 Å². The van der Waals surface area contributed by atoms with Crippen LogP contribution in [0, 0.1) is 6.92 Å². The first kappa shape index (κ1) is 17.6. The Morgan fingerprint density at radius 2 is 1.89 bits per heavy atom. The maximum absolute atomic E-state index is 5.42. The first-order chi connectivity index (χ1) is 13.3. The smallest absolute Gasteiger partial charge is 0.175 e. The quantitative estimate of drug-likeness (QED) is 0.724. The van der Waals surface area contributed by atoms with Gasteiger partial charge in [0.05, 0.1) is 18.9 Å². The van der Waals surface area contributed by atoms with E-state index >= 15 is 0 Å². The van der Waals surface area contributed by atoms with Crippen molar-refractivity contribution in [3.63, 3.8) is 0 Å². The molecule has 4 rings (SSSR count). The highest BCUT2D eigenvalue weighted by Gasteiger charge is 2.10. The van der Waals surface area contributed by atoms with Gasteiger partial charge in [0.2, 0.25) is 0 Å². The predicted octanol–water partition coefficient (Wildman–Crippen LogP) is 2.42. The van der Waals surface area contributed by atoms with Crippen LogP contribution in [0.1, 0.15) is 16.8 Å². The molecule has 0 bridgehead atoms. The minimum Gasteiger partial charge on any atom is -0.379 e. The fraction of sp³-hybridized carbons (Fsp3) is 0.350. The van der Waals surface area contributed by atoms with Crippen LogP contribution in [0.5, 0.6) is 0 Å². The second-order valence-electron chi connectivity index (χ2n) is 6.74.